The van der Waals surface area contributed by atoms with Gasteiger partial charge in [-0.15, -0.1) is 0 Å². The first-order chi connectivity index (χ1) is 9.38. The lowest BCUT2D eigenvalue weighted by atomic mass is 10.2. The highest BCUT2D eigenvalue weighted by Crippen LogP contribution is 2.21. The topological polar surface area (TPSA) is 89.9 Å². The molecule has 2 atom stereocenters. The Balaban J connectivity index is 2.15. The molecule has 0 saturated carbocycles. The van der Waals surface area contributed by atoms with Crippen molar-refractivity contribution in [3.05, 3.63) is 29.6 Å². The summed E-state index contributed by atoms with van der Waals surface area (Å²) >= 11 is 0. The van der Waals surface area contributed by atoms with Gasteiger partial charge in [0.15, 0.2) is 0 Å². The van der Waals surface area contributed by atoms with Gasteiger partial charge in [0.1, 0.15) is 11.9 Å². The van der Waals surface area contributed by atoms with Crippen molar-refractivity contribution in [2.75, 3.05) is 11.9 Å². The second-order valence-electron chi connectivity index (χ2n) is 4.79. The number of amides is 2. The number of benzene rings is 1. The van der Waals surface area contributed by atoms with E-state index in [1.807, 2.05) is 0 Å². The maximum absolute atomic E-state index is 13.1. The number of urea groups is 1. The average Bonchev–Trinajstić information content (AvgIpc) is 2.76. The fraction of sp³-hybridized carbons (Fsp3) is 0.385. The van der Waals surface area contributed by atoms with Crippen molar-refractivity contribution in [3.8, 4) is 0 Å². The van der Waals surface area contributed by atoms with Crippen LogP contribution in [0.15, 0.2) is 18.2 Å². The van der Waals surface area contributed by atoms with Crippen molar-refractivity contribution in [1.29, 1.82) is 0 Å². The lowest BCUT2D eigenvalue weighted by Gasteiger charge is -2.22. The Labute approximate surface area is 114 Å². The lowest BCUT2D eigenvalue weighted by Crippen LogP contribution is -2.43. The standard InChI is InChI=1S/C13H15FN2O4/c1-7-2-3-8(14)4-10(7)15-13(20)16-6-9(17)5-11(16)12(18)19/h2-4,9,11,17H,5-6H2,1H3,(H,15,20)(H,18,19)/t9-,11-/m0/s1. The summed E-state index contributed by atoms with van der Waals surface area (Å²) in [5.74, 6) is -1.67. The van der Waals surface area contributed by atoms with Crippen LogP contribution >= 0.6 is 0 Å². The summed E-state index contributed by atoms with van der Waals surface area (Å²) in [7, 11) is 0. The van der Waals surface area contributed by atoms with E-state index in [4.69, 9.17) is 5.11 Å². The van der Waals surface area contributed by atoms with Crippen molar-refractivity contribution in [3.63, 3.8) is 0 Å². The van der Waals surface area contributed by atoms with E-state index in [1.54, 1.807) is 6.92 Å². The third-order valence-corrected chi connectivity index (χ3v) is 3.27. The van der Waals surface area contributed by atoms with Crippen LogP contribution in [0.5, 0.6) is 0 Å². The SMILES string of the molecule is Cc1ccc(F)cc1NC(=O)N1C[C@@H](O)C[C@H]1C(=O)O. The van der Waals surface area contributed by atoms with Crippen LogP contribution < -0.4 is 5.32 Å². The first-order valence-corrected chi connectivity index (χ1v) is 6.13. The minimum Gasteiger partial charge on any atom is -0.480 e. The molecule has 1 saturated heterocycles. The molecule has 3 N–H and O–H groups in total. The van der Waals surface area contributed by atoms with E-state index >= 15 is 0 Å². The van der Waals surface area contributed by atoms with Gasteiger partial charge in [0.25, 0.3) is 0 Å². The zero-order valence-electron chi connectivity index (χ0n) is 10.8. The molecule has 1 aliphatic rings. The number of carbonyl (C=O) groups excluding carboxylic acids is 1. The molecular weight excluding hydrogens is 267 g/mol. The normalized spacial score (nSPS) is 21.9. The maximum Gasteiger partial charge on any atom is 0.326 e. The van der Waals surface area contributed by atoms with E-state index < -0.39 is 30.0 Å². The van der Waals surface area contributed by atoms with E-state index in [-0.39, 0.29) is 18.7 Å². The summed E-state index contributed by atoms with van der Waals surface area (Å²) in [5.41, 5.74) is 0.937. The molecule has 0 aromatic heterocycles. The van der Waals surface area contributed by atoms with Crippen LogP contribution in [-0.4, -0.2) is 45.8 Å². The molecule has 0 spiro atoms. The number of aryl methyl sites for hydroxylation is 1. The van der Waals surface area contributed by atoms with Gasteiger partial charge < -0.3 is 20.4 Å². The number of hydrogen-bond donors (Lipinski definition) is 3. The molecule has 2 amide bonds. The first-order valence-electron chi connectivity index (χ1n) is 6.13. The van der Waals surface area contributed by atoms with Crippen LogP contribution in [0.25, 0.3) is 0 Å². The number of hydrogen-bond acceptors (Lipinski definition) is 3. The molecule has 0 radical (unpaired) electrons. The van der Waals surface area contributed by atoms with Crippen molar-refractivity contribution in [1.82, 2.24) is 4.90 Å². The molecule has 0 aliphatic carbocycles. The lowest BCUT2D eigenvalue weighted by molar-refractivity contribution is -0.141. The number of carbonyl (C=O) groups is 2. The largest absolute Gasteiger partial charge is 0.480 e. The minimum absolute atomic E-state index is 0.00904. The molecule has 1 aromatic rings. The van der Waals surface area contributed by atoms with Crippen LogP contribution in [0, 0.1) is 12.7 Å². The van der Waals surface area contributed by atoms with Gasteiger partial charge >= 0.3 is 12.0 Å². The summed E-state index contributed by atoms with van der Waals surface area (Å²) in [6, 6.07) is 2.21. The zero-order chi connectivity index (χ0) is 14.9. The molecule has 20 heavy (non-hydrogen) atoms. The van der Waals surface area contributed by atoms with Gasteiger partial charge in [-0.05, 0) is 24.6 Å². The monoisotopic (exact) mass is 282 g/mol. The fourth-order valence-corrected chi connectivity index (χ4v) is 2.19. The molecule has 0 bridgehead atoms. The van der Waals surface area contributed by atoms with Crippen molar-refractivity contribution < 1.29 is 24.2 Å². The Morgan fingerprint density at radius 3 is 2.80 bits per heavy atom. The number of halogens is 1. The Hall–Kier alpha value is -2.15. The number of anilines is 1. The fourth-order valence-electron chi connectivity index (χ4n) is 2.19. The number of rotatable bonds is 2. The number of aliphatic hydroxyl groups is 1. The number of carboxylic acids is 1. The Morgan fingerprint density at radius 2 is 2.15 bits per heavy atom. The third kappa shape index (κ3) is 2.88. The highest BCUT2D eigenvalue weighted by atomic mass is 19.1. The van der Waals surface area contributed by atoms with Crippen molar-refractivity contribution >= 4 is 17.7 Å². The van der Waals surface area contributed by atoms with Gasteiger partial charge in [0, 0.05) is 18.7 Å². The first kappa shape index (κ1) is 14.3. The average molecular weight is 282 g/mol. The van der Waals surface area contributed by atoms with Gasteiger partial charge in [-0.25, -0.2) is 14.0 Å². The number of carboxylic acid groups (broad SMARTS) is 1. The Morgan fingerprint density at radius 1 is 1.45 bits per heavy atom. The van der Waals surface area contributed by atoms with Crippen molar-refractivity contribution in [2.45, 2.75) is 25.5 Å². The summed E-state index contributed by atoms with van der Waals surface area (Å²) in [6.45, 7) is 1.64. The molecule has 0 unspecified atom stereocenters. The molecule has 7 heteroatoms. The second kappa shape index (κ2) is 5.46. The third-order valence-electron chi connectivity index (χ3n) is 3.27. The van der Waals surface area contributed by atoms with Gasteiger partial charge in [-0.3, -0.25) is 0 Å². The van der Waals surface area contributed by atoms with E-state index in [0.29, 0.717) is 5.56 Å². The Bertz CT molecular complexity index is 549. The van der Waals surface area contributed by atoms with Gasteiger partial charge in [-0.2, -0.15) is 0 Å². The molecule has 1 aliphatic heterocycles. The van der Waals surface area contributed by atoms with E-state index in [9.17, 15) is 19.1 Å². The summed E-state index contributed by atoms with van der Waals surface area (Å²) in [5, 5.41) is 21.0. The van der Waals surface area contributed by atoms with Crippen LogP contribution in [-0.2, 0) is 4.79 Å². The number of likely N-dealkylation sites (tertiary alicyclic amines) is 1. The van der Waals surface area contributed by atoms with Crippen molar-refractivity contribution in [2.24, 2.45) is 0 Å². The summed E-state index contributed by atoms with van der Waals surface area (Å²) < 4.78 is 13.1. The number of β-amino-alcohol motifs (C(OH)–C–C–N with tert-alkyl or cyclic N) is 1. The quantitative estimate of drug-likeness (QED) is 0.760. The summed E-state index contributed by atoms with van der Waals surface area (Å²) in [4.78, 5) is 24.1. The van der Waals surface area contributed by atoms with E-state index in [0.717, 1.165) is 11.0 Å². The van der Waals surface area contributed by atoms with E-state index in [2.05, 4.69) is 5.32 Å². The maximum atomic E-state index is 13.1. The molecule has 6 nitrogen and oxygen atoms in total. The zero-order valence-corrected chi connectivity index (χ0v) is 10.8. The van der Waals surface area contributed by atoms with Crippen LogP contribution in [0.2, 0.25) is 0 Å². The van der Waals surface area contributed by atoms with E-state index in [1.165, 1.54) is 12.1 Å². The highest BCUT2D eigenvalue weighted by Gasteiger charge is 2.39. The molecule has 1 fully saturated rings. The predicted octanol–water partition coefficient (Wildman–Crippen LogP) is 1.19. The number of aliphatic carboxylic acids is 1. The Kier molecular flexibility index (Phi) is 3.89. The second-order valence-corrected chi connectivity index (χ2v) is 4.79. The predicted molar refractivity (Wildman–Crippen MR) is 68.9 cm³/mol. The number of aliphatic hydroxyl groups excluding tert-OH is 1. The van der Waals surface area contributed by atoms with Crippen LogP contribution in [0.1, 0.15) is 12.0 Å². The highest BCUT2D eigenvalue weighted by molar-refractivity contribution is 5.93. The smallest absolute Gasteiger partial charge is 0.326 e. The summed E-state index contributed by atoms with van der Waals surface area (Å²) in [6.07, 6.45) is -0.874. The van der Waals surface area contributed by atoms with Crippen LogP contribution in [0.4, 0.5) is 14.9 Å². The molecule has 1 aromatic carbocycles. The number of nitrogens with one attached hydrogen (secondary N) is 1. The molecular formula is C13H15FN2O4. The molecule has 108 valence electrons. The van der Waals surface area contributed by atoms with Crippen LogP contribution in [0.3, 0.4) is 0 Å². The van der Waals surface area contributed by atoms with Gasteiger partial charge in [-0.1, -0.05) is 6.07 Å². The molecule has 2 rings (SSSR count). The minimum atomic E-state index is -1.17. The van der Waals surface area contributed by atoms with Gasteiger partial charge in [0.05, 0.1) is 6.10 Å². The molecule has 1 heterocycles. The van der Waals surface area contributed by atoms with Gasteiger partial charge in [0.2, 0.25) is 0 Å². The number of nitrogens with zero attached hydrogens (tertiary/aromatic N) is 1.